The highest BCUT2D eigenvalue weighted by Crippen LogP contribution is 2.19. The first kappa shape index (κ1) is 8.53. The second-order valence-corrected chi connectivity index (χ2v) is 3.80. The molecule has 1 N–H and O–H groups in total. The maximum atomic E-state index is 11.1. The molecule has 3 heteroatoms. The van der Waals surface area contributed by atoms with Crippen LogP contribution in [0.15, 0.2) is 0 Å². The molecule has 0 unspecified atom stereocenters. The van der Waals surface area contributed by atoms with Crippen LogP contribution in [0.2, 0.25) is 0 Å². The maximum Gasteiger partial charge on any atom is 0.325 e. The molecule has 0 saturated carbocycles. The molecule has 3 nitrogen and oxygen atoms in total. The second kappa shape index (κ2) is 2.48. The van der Waals surface area contributed by atoms with Crippen molar-refractivity contribution in [2.24, 2.45) is 5.92 Å². The van der Waals surface area contributed by atoms with Crippen molar-refractivity contribution in [3.63, 3.8) is 0 Å². The van der Waals surface area contributed by atoms with Gasteiger partial charge in [-0.15, -0.1) is 0 Å². The number of nitrogens with one attached hydrogen (secondary N) is 1. The maximum absolute atomic E-state index is 11.1. The number of hydrogen-bond acceptors (Lipinski definition) is 3. The van der Waals surface area contributed by atoms with E-state index in [1.165, 1.54) is 0 Å². The lowest BCUT2D eigenvalue weighted by atomic mass is 10.1. The SMILES string of the molecule is CC(C)[C@H]1NC(C)(C)OC1=O. The Kier molecular flexibility index (Phi) is 1.92. The summed E-state index contributed by atoms with van der Waals surface area (Å²) in [5.74, 6) is 0.161. The molecule has 1 atom stereocenters. The Bertz CT molecular complexity index is 175. The van der Waals surface area contributed by atoms with Crippen LogP contribution in [0.25, 0.3) is 0 Å². The number of rotatable bonds is 1. The lowest BCUT2D eigenvalue weighted by molar-refractivity contribution is -0.147. The summed E-state index contributed by atoms with van der Waals surface area (Å²) in [5.41, 5.74) is -0.480. The zero-order valence-electron chi connectivity index (χ0n) is 7.47. The first-order valence-corrected chi connectivity index (χ1v) is 3.93. The molecule has 1 aliphatic heterocycles. The summed E-state index contributed by atoms with van der Waals surface area (Å²) in [6.45, 7) is 7.71. The average molecular weight is 157 g/mol. The highest BCUT2D eigenvalue weighted by atomic mass is 16.6. The van der Waals surface area contributed by atoms with Gasteiger partial charge in [0.25, 0.3) is 0 Å². The summed E-state index contributed by atoms with van der Waals surface area (Å²) in [6.07, 6.45) is 0. The van der Waals surface area contributed by atoms with Gasteiger partial charge in [0, 0.05) is 0 Å². The summed E-state index contributed by atoms with van der Waals surface area (Å²) >= 11 is 0. The quantitative estimate of drug-likeness (QED) is 0.574. The van der Waals surface area contributed by atoms with E-state index in [2.05, 4.69) is 5.32 Å². The van der Waals surface area contributed by atoms with Gasteiger partial charge in [-0.25, -0.2) is 0 Å². The van der Waals surface area contributed by atoms with Gasteiger partial charge >= 0.3 is 5.97 Å². The first-order chi connectivity index (χ1) is 4.92. The lowest BCUT2D eigenvalue weighted by Gasteiger charge is -2.17. The Balaban J connectivity index is 2.67. The molecular formula is C8H15NO2. The van der Waals surface area contributed by atoms with Crippen LogP contribution in [0.3, 0.4) is 0 Å². The van der Waals surface area contributed by atoms with Gasteiger partial charge in [0.05, 0.1) is 0 Å². The summed E-state index contributed by atoms with van der Waals surface area (Å²) in [7, 11) is 0. The molecule has 0 aliphatic carbocycles. The van der Waals surface area contributed by atoms with Crippen molar-refractivity contribution in [3.8, 4) is 0 Å². The Morgan fingerprint density at radius 1 is 1.55 bits per heavy atom. The normalized spacial score (nSPS) is 29.2. The van der Waals surface area contributed by atoms with Crippen molar-refractivity contribution in [1.29, 1.82) is 0 Å². The van der Waals surface area contributed by atoms with Crippen molar-refractivity contribution in [3.05, 3.63) is 0 Å². The van der Waals surface area contributed by atoms with E-state index < -0.39 is 5.72 Å². The van der Waals surface area contributed by atoms with Gasteiger partial charge in [-0.05, 0) is 19.8 Å². The van der Waals surface area contributed by atoms with E-state index in [-0.39, 0.29) is 12.0 Å². The molecule has 0 aromatic heterocycles. The smallest absolute Gasteiger partial charge is 0.325 e. The minimum Gasteiger partial charge on any atom is -0.443 e. The monoisotopic (exact) mass is 157 g/mol. The fraction of sp³-hybridized carbons (Fsp3) is 0.875. The molecular weight excluding hydrogens is 142 g/mol. The fourth-order valence-electron chi connectivity index (χ4n) is 1.22. The topological polar surface area (TPSA) is 38.3 Å². The zero-order chi connectivity index (χ0) is 8.65. The Labute approximate surface area is 67.1 Å². The Hall–Kier alpha value is -0.570. The predicted octanol–water partition coefficient (Wildman–Crippen LogP) is 0.893. The molecule has 0 spiro atoms. The highest BCUT2D eigenvalue weighted by molar-refractivity contribution is 5.78. The van der Waals surface area contributed by atoms with Crippen molar-refractivity contribution in [1.82, 2.24) is 5.32 Å². The van der Waals surface area contributed by atoms with Crippen LogP contribution >= 0.6 is 0 Å². The third kappa shape index (κ3) is 1.71. The number of esters is 1. The van der Waals surface area contributed by atoms with E-state index in [9.17, 15) is 4.79 Å². The fourth-order valence-corrected chi connectivity index (χ4v) is 1.22. The minimum atomic E-state index is -0.480. The molecule has 1 fully saturated rings. The largest absolute Gasteiger partial charge is 0.443 e. The van der Waals surface area contributed by atoms with Crippen LogP contribution in [0.5, 0.6) is 0 Å². The van der Waals surface area contributed by atoms with Crippen LogP contribution < -0.4 is 5.32 Å². The van der Waals surface area contributed by atoms with E-state index >= 15 is 0 Å². The van der Waals surface area contributed by atoms with Crippen molar-refractivity contribution >= 4 is 5.97 Å². The average Bonchev–Trinajstić information content (AvgIpc) is 2.05. The molecule has 0 aromatic carbocycles. The predicted molar refractivity (Wildman–Crippen MR) is 41.9 cm³/mol. The van der Waals surface area contributed by atoms with Crippen LogP contribution in [-0.2, 0) is 9.53 Å². The molecule has 0 bridgehead atoms. The van der Waals surface area contributed by atoms with Crippen molar-refractivity contribution in [2.45, 2.75) is 39.5 Å². The van der Waals surface area contributed by atoms with Gasteiger partial charge < -0.3 is 4.74 Å². The first-order valence-electron chi connectivity index (χ1n) is 3.93. The van der Waals surface area contributed by atoms with Crippen LogP contribution in [-0.4, -0.2) is 17.7 Å². The molecule has 1 rings (SSSR count). The summed E-state index contributed by atoms with van der Waals surface area (Å²) in [5, 5.41) is 3.11. The molecule has 11 heavy (non-hydrogen) atoms. The summed E-state index contributed by atoms with van der Waals surface area (Å²) in [4.78, 5) is 11.1. The molecule has 0 aromatic rings. The lowest BCUT2D eigenvalue weighted by Crippen LogP contribution is -2.41. The van der Waals surface area contributed by atoms with Gasteiger partial charge in [-0.1, -0.05) is 13.8 Å². The Morgan fingerprint density at radius 3 is 2.27 bits per heavy atom. The number of hydrogen-bond donors (Lipinski definition) is 1. The number of carbonyl (C=O) groups is 1. The molecule has 1 saturated heterocycles. The number of ether oxygens (including phenoxy) is 1. The van der Waals surface area contributed by atoms with Gasteiger partial charge in [0.15, 0.2) is 5.72 Å². The van der Waals surface area contributed by atoms with E-state index in [4.69, 9.17) is 4.74 Å². The second-order valence-electron chi connectivity index (χ2n) is 3.80. The van der Waals surface area contributed by atoms with Gasteiger partial charge in [-0.2, -0.15) is 0 Å². The highest BCUT2D eigenvalue weighted by Gasteiger charge is 2.40. The number of cyclic esters (lactones) is 1. The van der Waals surface area contributed by atoms with E-state index in [1.807, 2.05) is 27.7 Å². The zero-order valence-corrected chi connectivity index (χ0v) is 7.47. The van der Waals surface area contributed by atoms with Gasteiger partial charge in [-0.3, -0.25) is 10.1 Å². The third-order valence-electron chi connectivity index (χ3n) is 1.78. The summed E-state index contributed by atoms with van der Waals surface area (Å²) in [6, 6.07) is -0.134. The molecule has 64 valence electrons. The molecule has 0 amide bonds. The van der Waals surface area contributed by atoms with Crippen molar-refractivity contribution in [2.75, 3.05) is 0 Å². The van der Waals surface area contributed by atoms with Crippen molar-refractivity contribution < 1.29 is 9.53 Å². The van der Waals surface area contributed by atoms with Gasteiger partial charge in [0.2, 0.25) is 0 Å². The van der Waals surface area contributed by atoms with Crippen LogP contribution in [0.1, 0.15) is 27.7 Å². The molecule has 0 radical (unpaired) electrons. The number of carbonyl (C=O) groups excluding carboxylic acids is 1. The van der Waals surface area contributed by atoms with E-state index in [1.54, 1.807) is 0 Å². The van der Waals surface area contributed by atoms with E-state index in [0.717, 1.165) is 0 Å². The Morgan fingerprint density at radius 2 is 2.09 bits per heavy atom. The molecule has 1 heterocycles. The van der Waals surface area contributed by atoms with E-state index in [0.29, 0.717) is 5.92 Å². The summed E-state index contributed by atoms with van der Waals surface area (Å²) < 4.78 is 5.07. The van der Waals surface area contributed by atoms with Gasteiger partial charge in [0.1, 0.15) is 6.04 Å². The standard InChI is InChI=1S/C8H15NO2/c1-5(2)6-7(10)11-8(3,4)9-6/h5-6,9H,1-4H3/t6-/m1/s1. The minimum absolute atomic E-state index is 0.134. The molecule has 1 aliphatic rings. The van der Waals surface area contributed by atoms with Crippen LogP contribution in [0.4, 0.5) is 0 Å². The van der Waals surface area contributed by atoms with Crippen LogP contribution in [0, 0.1) is 5.92 Å². The third-order valence-corrected chi connectivity index (χ3v) is 1.78.